The summed E-state index contributed by atoms with van der Waals surface area (Å²) in [5, 5.41) is 0. The highest BCUT2D eigenvalue weighted by atomic mass is 19.1. The first kappa shape index (κ1) is 11.5. The average Bonchev–Trinajstić information content (AvgIpc) is 2.22. The van der Waals surface area contributed by atoms with Crippen molar-refractivity contribution in [2.75, 3.05) is 6.61 Å². The van der Waals surface area contributed by atoms with E-state index >= 15 is 0 Å². The molecular formula is C11H13FO3. The number of hydrogen-bond acceptors (Lipinski definition) is 3. The van der Waals surface area contributed by atoms with Crippen molar-refractivity contribution in [3.63, 3.8) is 0 Å². The number of carbonyl (C=O) groups excluding carboxylic acids is 1. The van der Waals surface area contributed by atoms with E-state index in [1.807, 2.05) is 6.92 Å². The molecule has 1 aromatic rings. The van der Waals surface area contributed by atoms with Gasteiger partial charge in [0.1, 0.15) is 5.75 Å². The van der Waals surface area contributed by atoms with Gasteiger partial charge in [0, 0.05) is 0 Å². The minimum Gasteiger partial charge on any atom is -0.461 e. The van der Waals surface area contributed by atoms with Gasteiger partial charge in [0.2, 0.25) is 0 Å². The highest BCUT2D eigenvalue weighted by Crippen LogP contribution is 2.14. The van der Waals surface area contributed by atoms with E-state index in [4.69, 9.17) is 4.74 Å². The van der Waals surface area contributed by atoms with Gasteiger partial charge in [0.05, 0.1) is 6.61 Å². The van der Waals surface area contributed by atoms with E-state index in [0.29, 0.717) is 5.75 Å². The highest BCUT2D eigenvalue weighted by molar-refractivity contribution is 5.73. The van der Waals surface area contributed by atoms with Crippen molar-refractivity contribution in [1.29, 1.82) is 0 Å². The SMILES string of the molecule is CCOC(=O)C(F)Oc1ccc(C)cc1. The standard InChI is InChI=1S/C11H13FO3/c1-3-14-11(13)10(12)15-9-6-4-8(2)5-7-9/h4-7,10H,3H2,1-2H3. The molecule has 0 radical (unpaired) electrons. The summed E-state index contributed by atoms with van der Waals surface area (Å²) >= 11 is 0. The Labute approximate surface area is 87.8 Å². The lowest BCUT2D eigenvalue weighted by Gasteiger charge is -2.10. The molecule has 0 heterocycles. The minimum atomic E-state index is -2.06. The first-order valence-electron chi connectivity index (χ1n) is 4.67. The first-order valence-corrected chi connectivity index (χ1v) is 4.67. The van der Waals surface area contributed by atoms with Gasteiger partial charge in [-0.2, -0.15) is 4.39 Å². The zero-order valence-electron chi connectivity index (χ0n) is 8.70. The molecule has 82 valence electrons. The molecule has 0 aliphatic heterocycles. The highest BCUT2D eigenvalue weighted by Gasteiger charge is 2.19. The van der Waals surface area contributed by atoms with Gasteiger partial charge in [-0.05, 0) is 26.0 Å². The maximum Gasteiger partial charge on any atom is 0.381 e. The molecule has 0 spiro atoms. The Bertz CT molecular complexity index is 321. The molecule has 0 N–H and O–H groups in total. The molecule has 1 atom stereocenters. The van der Waals surface area contributed by atoms with Crippen LogP contribution < -0.4 is 4.74 Å². The topological polar surface area (TPSA) is 35.5 Å². The summed E-state index contributed by atoms with van der Waals surface area (Å²) in [6.45, 7) is 3.65. The fourth-order valence-corrected chi connectivity index (χ4v) is 0.992. The summed E-state index contributed by atoms with van der Waals surface area (Å²) < 4.78 is 22.3. The molecule has 0 saturated carbocycles. The predicted molar refractivity (Wildman–Crippen MR) is 53.3 cm³/mol. The van der Waals surface area contributed by atoms with Gasteiger partial charge in [-0.25, -0.2) is 4.79 Å². The van der Waals surface area contributed by atoms with Crippen LogP contribution in [0.15, 0.2) is 24.3 Å². The van der Waals surface area contributed by atoms with Crippen LogP contribution in [0, 0.1) is 6.92 Å². The summed E-state index contributed by atoms with van der Waals surface area (Å²) in [7, 11) is 0. The summed E-state index contributed by atoms with van der Waals surface area (Å²) in [4.78, 5) is 10.9. The molecule has 0 aliphatic carbocycles. The molecule has 0 aliphatic rings. The third kappa shape index (κ3) is 3.58. The van der Waals surface area contributed by atoms with Gasteiger partial charge < -0.3 is 9.47 Å². The molecule has 1 rings (SSSR count). The molecule has 1 unspecified atom stereocenters. The van der Waals surface area contributed by atoms with Crippen LogP contribution >= 0.6 is 0 Å². The summed E-state index contributed by atoms with van der Waals surface area (Å²) in [5.74, 6) is -0.695. The van der Waals surface area contributed by atoms with Gasteiger partial charge in [-0.1, -0.05) is 17.7 Å². The van der Waals surface area contributed by atoms with E-state index in [1.54, 1.807) is 31.2 Å². The average molecular weight is 212 g/mol. The van der Waals surface area contributed by atoms with E-state index in [1.165, 1.54) is 0 Å². The maximum atomic E-state index is 13.1. The Morgan fingerprint density at radius 2 is 2.00 bits per heavy atom. The third-order valence-electron chi connectivity index (χ3n) is 1.73. The van der Waals surface area contributed by atoms with E-state index < -0.39 is 12.3 Å². The number of rotatable bonds is 4. The Balaban J connectivity index is 2.54. The smallest absolute Gasteiger partial charge is 0.381 e. The quantitative estimate of drug-likeness (QED) is 0.718. The zero-order chi connectivity index (χ0) is 11.3. The van der Waals surface area contributed by atoms with Crippen LogP contribution in [0.3, 0.4) is 0 Å². The molecule has 0 saturated heterocycles. The van der Waals surface area contributed by atoms with Gasteiger partial charge in [0.15, 0.2) is 0 Å². The fourth-order valence-electron chi connectivity index (χ4n) is 0.992. The third-order valence-corrected chi connectivity index (χ3v) is 1.73. The number of benzene rings is 1. The number of alkyl halides is 1. The Morgan fingerprint density at radius 3 is 2.53 bits per heavy atom. The predicted octanol–water partition coefficient (Wildman–Crippen LogP) is 2.23. The lowest BCUT2D eigenvalue weighted by atomic mass is 10.2. The van der Waals surface area contributed by atoms with Crippen LogP contribution in [-0.2, 0) is 9.53 Å². The van der Waals surface area contributed by atoms with Crippen LogP contribution in [0.25, 0.3) is 0 Å². The second-order valence-corrected chi connectivity index (χ2v) is 3.00. The Kier molecular flexibility index (Phi) is 4.09. The van der Waals surface area contributed by atoms with Gasteiger partial charge >= 0.3 is 12.3 Å². The molecule has 0 amide bonds. The molecule has 0 aromatic heterocycles. The van der Waals surface area contributed by atoms with E-state index in [9.17, 15) is 9.18 Å². The van der Waals surface area contributed by atoms with Crippen molar-refractivity contribution in [1.82, 2.24) is 0 Å². The Morgan fingerprint density at radius 1 is 1.40 bits per heavy atom. The second kappa shape index (κ2) is 5.34. The molecule has 0 bridgehead atoms. The van der Waals surface area contributed by atoms with Crippen molar-refractivity contribution >= 4 is 5.97 Å². The number of ether oxygens (including phenoxy) is 2. The minimum absolute atomic E-state index is 0.135. The molecule has 4 heteroatoms. The summed E-state index contributed by atoms with van der Waals surface area (Å²) in [5.41, 5.74) is 1.04. The number of aryl methyl sites for hydroxylation is 1. The van der Waals surface area contributed by atoms with Crippen molar-refractivity contribution in [2.24, 2.45) is 0 Å². The zero-order valence-corrected chi connectivity index (χ0v) is 8.70. The van der Waals surface area contributed by atoms with Crippen molar-refractivity contribution in [2.45, 2.75) is 20.2 Å². The number of halogens is 1. The molecule has 15 heavy (non-hydrogen) atoms. The summed E-state index contributed by atoms with van der Waals surface area (Å²) in [6.07, 6.45) is -2.06. The van der Waals surface area contributed by atoms with Crippen LogP contribution in [0.5, 0.6) is 5.75 Å². The van der Waals surface area contributed by atoms with E-state index in [-0.39, 0.29) is 6.61 Å². The van der Waals surface area contributed by atoms with Crippen LogP contribution in [0.1, 0.15) is 12.5 Å². The van der Waals surface area contributed by atoms with E-state index in [2.05, 4.69) is 4.74 Å². The summed E-state index contributed by atoms with van der Waals surface area (Å²) in [6, 6.07) is 6.74. The number of esters is 1. The Hall–Kier alpha value is -1.58. The van der Waals surface area contributed by atoms with Crippen LogP contribution in [0.2, 0.25) is 0 Å². The van der Waals surface area contributed by atoms with E-state index in [0.717, 1.165) is 5.56 Å². The number of carbonyl (C=O) groups is 1. The van der Waals surface area contributed by atoms with Crippen molar-refractivity contribution in [3.8, 4) is 5.75 Å². The van der Waals surface area contributed by atoms with Gasteiger partial charge in [-0.15, -0.1) is 0 Å². The van der Waals surface area contributed by atoms with Crippen molar-refractivity contribution < 1.29 is 18.7 Å². The van der Waals surface area contributed by atoms with Crippen molar-refractivity contribution in [3.05, 3.63) is 29.8 Å². The van der Waals surface area contributed by atoms with Gasteiger partial charge in [-0.3, -0.25) is 0 Å². The lowest BCUT2D eigenvalue weighted by molar-refractivity contribution is -0.159. The molecular weight excluding hydrogens is 199 g/mol. The van der Waals surface area contributed by atoms with Gasteiger partial charge in [0.25, 0.3) is 0 Å². The lowest BCUT2D eigenvalue weighted by Crippen LogP contribution is -2.24. The molecule has 0 fully saturated rings. The maximum absolute atomic E-state index is 13.1. The second-order valence-electron chi connectivity index (χ2n) is 3.00. The fraction of sp³-hybridized carbons (Fsp3) is 0.364. The largest absolute Gasteiger partial charge is 0.461 e. The number of hydrogen-bond donors (Lipinski definition) is 0. The van der Waals surface area contributed by atoms with Crippen LogP contribution in [0.4, 0.5) is 4.39 Å². The monoisotopic (exact) mass is 212 g/mol. The van der Waals surface area contributed by atoms with Crippen LogP contribution in [-0.4, -0.2) is 18.9 Å². The molecule has 3 nitrogen and oxygen atoms in total. The first-order chi connectivity index (χ1) is 7.13. The molecule has 1 aromatic carbocycles. The normalized spacial score (nSPS) is 11.9.